The fourth-order valence-electron chi connectivity index (χ4n) is 3.57. The Morgan fingerprint density at radius 3 is 2.71 bits per heavy atom. The third kappa shape index (κ3) is 4.19. The number of nitrogens with zero attached hydrogens (tertiary/aromatic N) is 2. The fraction of sp³-hybridized carbons (Fsp3) is 0.0800. The van der Waals surface area contributed by atoms with Crippen LogP contribution in [-0.4, -0.2) is 23.5 Å². The normalized spacial score (nSPS) is 12.3. The molecule has 1 aromatic heterocycles. The largest absolute Gasteiger partial charge is 0.443 e. The van der Waals surface area contributed by atoms with Gasteiger partial charge in [-0.15, -0.1) is 5.92 Å². The number of nitrogens with one attached hydrogen (secondary N) is 2. The van der Waals surface area contributed by atoms with Crippen molar-refractivity contribution in [2.45, 2.75) is 16.7 Å². The van der Waals surface area contributed by atoms with Crippen LogP contribution in [0.15, 0.2) is 75.2 Å². The minimum atomic E-state index is -0.447. The zero-order chi connectivity index (χ0) is 23.7. The van der Waals surface area contributed by atoms with E-state index in [1.54, 1.807) is 48.2 Å². The molecular formula is C25H17FN4O3S. The van der Waals surface area contributed by atoms with Crippen LogP contribution < -0.4 is 15.5 Å². The summed E-state index contributed by atoms with van der Waals surface area (Å²) in [5, 5.41) is 5.56. The Balaban J connectivity index is 1.43. The van der Waals surface area contributed by atoms with E-state index in [4.69, 9.17) is 4.42 Å². The van der Waals surface area contributed by atoms with Gasteiger partial charge in [0.25, 0.3) is 5.91 Å². The molecule has 0 spiro atoms. The molecule has 3 amide bonds. The number of aromatic nitrogens is 1. The van der Waals surface area contributed by atoms with Gasteiger partial charge in [-0.2, -0.15) is 0 Å². The lowest BCUT2D eigenvalue weighted by Crippen LogP contribution is -2.31. The number of anilines is 3. The van der Waals surface area contributed by atoms with E-state index >= 15 is 0 Å². The van der Waals surface area contributed by atoms with Crippen LogP contribution in [-0.2, 0) is 0 Å². The van der Waals surface area contributed by atoms with E-state index in [2.05, 4.69) is 27.5 Å². The van der Waals surface area contributed by atoms with E-state index in [0.717, 1.165) is 0 Å². The second-order valence-corrected chi connectivity index (χ2v) is 8.44. The highest BCUT2D eigenvalue weighted by Gasteiger charge is 2.27. The highest BCUT2D eigenvalue weighted by molar-refractivity contribution is 7.99. The van der Waals surface area contributed by atoms with Gasteiger partial charge in [0.05, 0.1) is 17.8 Å². The van der Waals surface area contributed by atoms with Gasteiger partial charge in [0.15, 0.2) is 12.0 Å². The number of hydrogen-bond donors (Lipinski definition) is 2. The summed E-state index contributed by atoms with van der Waals surface area (Å²) in [4.78, 5) is 32.6. The van der Waals surface area contributed by atoms with Crippen molar-refractivity contribution in [1.82, 2.24) is 4.98 Å². The van der Waals surface area contributed by atoms with Crippen molar-refractivity contribution in [3.63, 3.8) is 0 Å². The predicted molar refractivity (Wildman–Crippen MR) is 129 cm³/mol. The van der Waals surface area contributed by atoms with Crippen molar-refractivity contribution in [3.05, 3.63) is 72.4 Å². The highest BCUT2D eigenvalue weighted by atomic mass is 32.2. The number of rotatable bonds is 3. The van der Waals surface area contributed by atoms with E-state index in [9.17, 15) is 14.0 Å². The number of amides is 3. The van der Waals surface area contributed by atoms with Crippen molar-refractivity contribution < 1.29 is 18.4 Å². The Kier molecular flexibility index (Phi) is 5.65. The number of oxazole rings is 1. The van der Waals surface area contributed by atoms with Crippen molar-refractivity contribution in [1.29, 1.82) is 0 Å². The molecule has 0 atom stereocenters. The van der Waals surface area contributed by atoms with E-state index in [-0.39, 0.29) is 12.5 Å². The summed E-state index contributed by atoms with van der Waals surface area (Å²) in [6.07, 6.45) is 1.34. The zero-order valence-corrected chi connectivity index (χ0v) is 18.7. The first kappa shape index (κ1) is 21.6. The van der Waals surface area contributed by atoms with Gasteiger partial charge in [-0.3, -0.25) is 9.69 Å². The SMILES string of the molecule is CC#CCN1C(=O)c2ccc(F)cc2Sc2cc(NC(=O)Nc3ccc4ocnc4c3)ccc21. The molecular weight excluding hydrogens is 455 g/mol. The van der Waals surface area contributed by atoms with E-state index in [0.29, 0.717) is 43.5 Å². The smallest absolute Gasteiger partial charge is 0.323 e. The van der Waals surface area contributed by atoms with Gasteiger partial charge in [0.1, 0.15) is 11.3 Å². The van der Waals surface area contributed by atoms with Gasteiger partial charge in [0, 0.05) is 21.2 Å². The average Bonchev–Trinajstić information content (AvgIpc) is 3.24. The molecule has 1 aliphatic rings. The van der Waals surface area contributed by atoms with Gasteiger partial charge < -0.3 is 15.1 Å². The quantitative estimate of drug-likeness (QED) is 0.371. The lowest BCUT2D eigenvalue weighted by molar-refractivity contribution is 0.0987. The van der Waals surface area contributed by atoms with Crippen LogP contribution in [0.5, 0.6) is 0 Å². The van der Waals surface area contributed by atoms with Crippen LogP contribution in [0, 0.1) is 17.7 Å². The number of benzene rings is 3. The molecule has 9 heteroatoms. The van der Waals surface area contributed by atoms with Gasteiger partial charge in [0.2, 0.25) is 0 Å². The second kappa shape index (κ2) is 8.92. The summed E-state index contributed by atoms with van der Waals surface area (Å²) < 4.78 is 19.1. The van der Waals surface area contributed by atoms with Crippen molar-refractivity contribution >= 4 is 51.9 Å². The average molecular weight is 473 g/mol. The summed E-state index contributed by atoms with van der Waals surface area (Å²) in [6, 6.07) is 14.0. The summed E-state index contributed by atoms with van der Waals surface area (Å²) in [6.45, 7) is 1.89. The second-order valence-electron chi connectivity index (χ2n) is 7.36. The molecule has 4 aromatic rings. The molecule has 2 heterocycles. The molecule has 0 saturated carbocycles. The van der Waals surface area contributed by atoms with E-state index < -0.39 is 11.8 Å². The van der Waals surface area contributed by atoms with Gasteiger partial charge in [-0.05, 0) is 61.5 Å². The van der Waals surface area contributed by atoms with E-state index in [1.807, 2.05) is 0 Å². The van der Waals surface area contributed by atoms with Gasteiger partial charge in [-0.1, -0.05) is 17.7 Å². The zero-order valence-electron chi connectivity index (χ0n) is 17.9. The molecule has 0 radical (unpaired) electrons. The minimum Gasteiger partial charge on any atom is -0.443 e. The van der Waals surface area contributed by atoms with Crippen LogP contribution in [0.1, 0.15) is 17.3 Å². The number of hydrogen-bond acceptors (Lipinski definition) is 5. The maximum atomic E-state index is 13.9. The van der Waals surface area contributed by atoms with Crippen LogP contribution in [0.2, 0.25) is 0 Å². The van der Waals surface area contributed by atoms with Crippen LogP contribution in [0.4, 0.5) is 26.2 Å². The molecule has 34 heavy (non-hydrogen) atoms. The first-order chi connectivity index (χ1) is 16.5. The third-order valence-corrected chi connectivity index (χ3v) is 6.25. The number of halogens is 1. The summed E-state index contributed by atoms with van der Waals surface area (Å²) in [7, 11) is 0. The summed E-state index contributed by atoms with van der Waals surface area (Å²) in [5.74, 6) is 5.04. The van der Waals surface area contributed by atoms with Gasteiger partial charge >= 0.3 is 6.03 Å². The topological polar surface area (TPSA) is 87.5 Å². The Morgan fingerprint density at radius 1 is 1.09 bits per heavy atom. The Morgan fingerprint density at radius 2 is 1.88 bits per heavy atom. The molecule has 0 unspecified atom stereocenters. The number of carbonyl (C=O) groups excluding carboxylic acids is 2. The minimum absolute atomic E-state index is 0.192. The van der Waals surface area contributed by atoms with Crippen LogP contribution in [0.25, 0.3) is 11.1 Å². The molecule has 5 rings (SSSR count). The molecule has 0 aliphatic carbocycles. The Hall–Kier alpha value is -4.29. The molecule has 2 N–H and O–H groups in total. The molecule has 168 valence electrons. The lowest BCUT2D eigenvalue weighted by atomic mass is 10.1. The fourth-order valence-corrected chi connectivity index (χ4v) is 4.71. The molecule has 0 saturated heterocycles. The first-order valence-corrected chi connectivity index (χ1v) is 11.1. The maximum absolute atomic E-state index is 13.9. The maximum Gasteiger partial charge on any atom is 0.323 e. The number of fused-ring (bicyclic) bond motifs is 3. The number of urea groups is 1. The lowest BCUT2D eigenvalue weighted by Gasteiger charge is -2.21. The number of carbonyl (C=O) groups is 2. The molecule has 0 bridgehead atoms. The van der Waals surface area contributed by atoms with Crippen LogP contribution in [0.3, 0.4) is 0 Å². The van der Waals surface area contributed by atoms with Crippen molar-refractivity contribution in [3.8, 4) is 11.8 Å². The van der Waals surface area contributed by atoms with E-state index in [1.165, 1.54) is 36.4 Å². The molecule has 1 aliphatic heterocycles. The predicted octanol–water partition coefficient (Wildman–Crippen LogP) is 5.75. The van der Waals surface area contributed by atoms with Gasteiger partial charge in [-0.25, -0.2) is 14.2 Å². The Bertz CT molecular complexity index is 1510. The molecule has 0 fully saturated rings. The van der Waals surface area contributed by atoms with Crippen molar-refractivity contribution in [2.24, 2.45) is 0 Å². The Labute approximate surface area is 198 Å². The first-order valence-electron chi connectivity index (χ1n) is 10.3. The van der Waals surface area contributed by atoms with Crippen molar-refractivity contribution in [2.75, 3.05) is 22.1 Å². The summed E-state index contributed by atoms with van der Waals surface area (Å²) >= 11 is 1.27. The third-order valence-electron chi connectivity index (χ3n) is 5.15. The monoisotopic (exact) mass is 472 g/mol. The van der Waals surface area contributed by atoms with Crippen LogP contribution >= 0.6 is 11.8 Å². The molecule has 3 aromatic carbocycles. The highest BCUT2D eigenvalue weighted by Crippen LogP contribution is 2.42. The summed E-state index contributed by atoms with van der Waals surface area (Å²) in [5.41, 5.74) is 3.36. The standard InChI is InChI=1S/C25H17FN4O3S/c1-2-3-10-30-20-8-5-17(13-23(20)34-22-11-15(26)4-7-18(22)24(30)31)29-25(32)28-16-6-9-21-19(12-16)27-14-33-21/h4-9,11-14H,10H2,1H3,(H2,28,29,32). The molecule has 7 nitrogen and oxygen atoms in total.